The number of nitrogen functional groups attached to an aromatic ring is 1. The van der Waals surface area contributed by atoms with E-state index in [0.29, 0.717) is 48.6 Å². The predicted octanol–water partition coefficient (Wildman–Crippen LogP) is 3.45. The Balaban J connectivity index is 1.22. The molecule has 0 saturated carbocycles. The Morgan fingerprint density at radius 3 is 2.73 bits per heavy atom. The number of hydrogen-bond donors (Lipinski definition) is 3. The lowest BCUT2D eigenvalue weighted by molar-refractivity contribution is 0.0259. The zero-order chi connectivity index (χ0) is 25.5. The van der Waals surface area contributed by atoms with Gasteiger partial charge in [0.25, 0.3) is 0 Å². The first-order chi connectivity index (χ1) is 18.1. The van der Waals surface area contributed by atoms with E-state index in [-0.39, 0.29) is 11.9 Å². The summed E-state index contributed by atoms with van der Waals surface area (Å²) in [4.78, 5) is 11.2. The zero-order valence-electron chi connectivity index (χ0n) is 20.8. The van der Waals surface area contributed by atoms with Gasteiger partial charge in [0.1, 0.15) is 18.5 Å². The molecule has 2 fully saturated rings. The van der Waals surface area contributed by atoms with Crippen LogP contribution in [0.15, 0.2) is 48.7 Å². The maximum absolute atomic E-state index is 14.3. The molecule has 0 unspecified atom stereocenters. The van der Waals surface area contributed by atoms with Crippen LogP contribution >= 0.6 is 0 Å². The number of nitrogens with zero attached hydrogens (tertiary/aromatic N) is 3. The minimum atomic E-state index is -0.404. The van der Waals surface area contributed by atoms with Crippen molar-refractivity contribution in [2.75, 3.05) is 63.6 Å². The number of nitrogens with one attached hydrogen (secondary N) is 2. The van der Waals surface area contributed by atoms with E-state index >= 15 is 0 Å². The predicted molar refractivity (Wildman–Crippen MR) is 141 cm³/mol. The number of benzene rings is 2. The van der Waals surface area contributed by atoms with Crippen LogP contribution in [0.2, 0.25) is 0 Å². The first-order valence-electron chi connectivity index (χ1n) is 12.7. The maximum Gasteiger partial charge on any atom is 0.227 e. The van der Waals surface area contributed by atoms with E-state index in [9.17, 15) is 4.39 Å². The highest BCUT2D eigenvalue weighted by Crippen LogP contribution is 2.30. The first-order valence-corrected chi connectivity index (χ1v) is 12.7. The molecule has 10 heteroatoms. The van der Waals surface area contributed by atoms with E-state index in [2.05, 4.69) is 25.5 Å². The van der Waals surface area contributed by atoms with Crippen LogP contribution in [0.25, 0.3) is 11.3 Å². The maximum atomic E-state index is 14.3. The molecule has 0 spiro atoms. The lowest BCUT2D eigenvalue weighted by Crippen LogP contribution is -2.44. The summed E-state index contributed by atoms with van der Waals surface area (Å²) in [5.74, 6) is 0.846. The van der Waals surface area contributed by atoms with Gasteiger partial charge in [-0.25, -0.2) is 14.4 Å². The molecule has 2 saturated heterocycles. The van der Waals surface area contributed by atoms with Gasteiger partial charge in [0.15, 0.2) is 11.6 Å². The van der Waals surface area contributed by atoms with Crippen molar-refractivity contribution in [1.82, 2.24) is 20.2 Å². The molecule has 2 aliphatic rings. The van der Waals surface area contributed by atoms with Crippen molar-refractivity contribution in [2.24, 2.45) is 0 Å². The van der Waals surface area contributed by atoms with Crippen LogP contribution in [0.4, 0.5) is 21.7 Å². The second kappa shape index (κ2) is 12.2. The molecule has 0 amide bonds. The van der Waals surface area contributed by atoms with E-state index in [0.717, 1.165) is 51.1 Å². The highest BCUT2D eigenvalue weighted by Gasteiger charge is 2.17. The third-order valence-corrected chi connectivity index (χ3v) is 6.49. The summed E-state index contributed by atoms with van der Waals surface area (Å²) in [6, 6.07) is 12.1. The molecule has 3 heterocycles. The average molecular weight is 509 g/mol. The van der Waals surface area contributed by atoms with Gasteiger partial charge in [0.2, 0.25) is 5.95 Å². The van der Waals surface area contributed by atoms with Crippen LogP contribution in [0.1, 0.15) is 12.8 Å². The summed E-state index contributed by atoms with van der Waals surface area (Å²) in [5, 5.41) is 6.47. The normalized spacial score (nSPS) is 16.9. The fourth-order valence-electron chi connectivity index (χ4n) is 4.41. The lowest BCUT2D eigenvalue weighted by atomic mass is 10.1. The summed E-state index contributed by atoms with van der Waals surface area (Å²) < 4.78 is 31.5. The SMILES string of the molecule is Nc1cc(-c2ccnc(Nc3ccc(F)c(OCCN4CCNCC4)c3)n2)ccc1OC1CCOCC1. The fraction of sp³-hybridized carbons (Fsp3) is 0.407. The van der Waals surface area contributed by atoms with Crippen LogP contribution in [0.5, 0.6) is 11.5 Å². The number of halogens is 1. The van der Waals surface area contributed by atoms with Gasteiger partial charge in [-0.15, -0.1) is 0 Å². The minimum absolute atomic E-state index is 0.114. The molecule has 9 nitrogen and oxygen atoms in total. The van der Waals surface area contributed by atoms with Crippen LogP contribution in [0, 0.1) is 5.82 Å². The molecule has 37 heavy (non-hydrogen) atoms. The standard InChI is InChI=1S/C27H33FN6O3/c28-22-3-2-20(18-26(22)36-16-13-34-11-9-30-10-12-34)32-27-31-8-5-24(33-27)19-1-4-25(23(29)17-19)37-21-6-14-35-15-7-21/h1-5,8,17-18,21,30H,6-7,9-16,29H2,(H,31,32,33). The molecular weight excluding hydrogens is 475 g/mol. The molecule has 0 aliphatic carbocycles. The van der Waals surface area contributed by atoms with Crippen molar-refractivity contribution < 1.29 is 18.6 Å². The van der Waals surface area contributed by atoms with E-state index in [1.54, 1.807) is 18.3 Å². The highest BCUT2D eigenvalue weighted by molar-refractivity contribution is 5.69. The molecule has 2 aromatic carbocycles. The monoisotopic (exact) mass is 508 g/mol. The Bertz CT molecular complexity index is 1180. The van der Waals surface area contributed by atoms with Gasteiger partial charge in [-0.05, 0) is 36.4 Å². The molecular formula is C27H33FN6O3. The molecule has 196 valence electrons. The smallest absolute Gasteiger partial charge is 0.227 e. The number of hydrogen-bond acceptors (Lipinski definition) is 9. The van der Waals surface area contributed by atoms with Crippen LogP contribution in [-0.4, -0.2) is 73.5 Å². The molecule has 0 bridgehead atoms. The summed E-state index contributed by atoms with van der Waals surface area (Å²) in [7, 11) is 0. The Kier molecular flexibility index (Phi) is 8.29. The number of rotatable bonds is 9. The van der Waals surface area contributed by atoms with Crippen LogP contribution in [-0.2, 0) is 4.74 Å². The second-order valence-electron chi connectivity index (χ2n) is 9.16. The van der Waals surface area contributed by atoms with Gasteiger partial charge in [-0.3, -0.25) is 4.90 Å². The molecule has 0 atom stereocenters. The number of ether oxygens (including phenoxy) is 3. The van der Waals surface area contributed by atoms with Crippen molar-refractivity contribution in [3.63, 3.8) is 0 Å². The molecule has 1 aromatic heterocycles. The topological polar surface area (TPSA) is 107 Å². The quantitative estimate of drug-likeness (QED) is 0.375. The molecule has 3 aromatic rings. The molecule has 0 radical (unpaired) electrons. The summed E-state index contributed by atoms with van der Waals surface area (Å²) in [5.41, 5.74) is 9.02. The Morgan fingerprint density at radius 1 is 1.08 bits per heavy atom. The van der Waals surface area contributed by atoms with Crippen molar-refractivity contribution >= 4 is 17.3 Å². The van der Waals surface area contributed by atoms with Gasteiger partial charge in [0.05, 0.1) is 24.6 Å². The first kappa shape index (κ1) is 25.2. The third-order valence-electron chi connectivity index (χ3n) is 6.49. The van der Waals surface area contributed by atoms with Gasteiger partial charge in [-0.2, -0.15) is 0 Å². The van der Waals surface area contributed by atoms with Crippen molar-refractivity contribution in [3.8, 4) is 22.8 Å². The Morgan fingerprint density at radius 2 is 1.92 bits per heavy atom. The van der Waals surface area contributed by atoms with Crippen LogP contribution in [0.3, 0.4) is 0 Å². The number of piperazine rings is 1. The van der Waals surface area contributed by atoms with E-state index in [1.165, 1.54) is 6.07 Å². The Labute approximate surface area is 216 Å². The summed E-state index contributed by atoms with van der Waals surface area (Å²) >= 11 is 0. The highest BCUT2D eigenvalue weighted by atomic mass is 19.1. The summed E-state index contributed by atoms with van der Waals surface area (Å²) in [6.45, 7) is 6.46. The van der Waals surface area contributed by atoms with Crippen molar-refractivity contribution in [1.29, 1.82) is 0 Å². The minimum Gasteiger partial charge on any atom is -0.489 e. The number of anilines is 3. The van der Waals surface area contributed by atoms with Crippen LogP contribution < -0.4 is 25.8 Å². The molecule has 2 aliphatic heterocycles. The second-order valence-corrected chi connectivity index (χ2v) is 9.16. The zero-order valence-corrected chi connectivity index (χ0v) is 20.8. The lowest BCUT2D eigenvalue weighted by Gasteiger charge is -2.26. The van der Waals surface area contributed by atoms with Gasteiger partial charge < -0.3 is 30.6 Å². The molecule has 4 N–H and O–H groups in total. The van der Waals surface area contributed by atoms with E-state index in [4.69, 9.17) is 19.9 Å². The van der Waals surface area contributed by atoms with Crippen molar-refractivity contribution in [3.05, 3.63) is 54.5 Å². The molecule has 5 rings (SSSR count). The van der Waals surface area contributed by atoms with Crippen molar-refractivity contribution in [2.45, 2.75) is 18.9 Å². The largest absolute Gasteiger partial charge is 0.489 e. The van der Waals surface area contributed by atoms with Gasteiger partial charge >= 0.3 is 0 Å². The number of nitrogens with two attached hydrogens (primary N) is 1. The van der Waals surface area contributed by atoms with Gasteiger partial charge in [-0.1, -0.05) is 0 Å². The third kappa shape index (κ3) is 6.85. The summed E-state index contributed by atoms with van der Waals surface area (Å²) in [6.07, 6.45) is 3.49. The average Bonchev–Trinajstić information content (AvgIpc) is 2.93. The number of aromatic nitrogens is 2. The van der Waals surface area contributed by atoms with E-state index in [1.807, 2.05) is 24.3 Å². The van der Waals surface area contributed by atoms with E-state index < -0.39 is 5.82 Å². The van der Waals surface area contributed by atoms with Gasteiger partial charge in [0, 0.05) is 69.1 Å². The Hall–Kier alpha value is -3.47. The fourth-order valence-corrected chi connectivity index (χ4v) is 4.41.